The number of nitrogens with one attached hydrogen (secondary N) is 1. The van der Waals surface area contributed by atoms with E-state index in [4.69, 9.17) is 9.15 Å². The van der Waals surface area contributed by atoms with Gasteiger partial charge < -0.3 is 9.15 Å². The number of carbonyl (C=O) groups excluding carboxylic acids is 1. The minimum absolute atomic E-state index is 0.116. The van der Waals surface area contributed by atoms with E-state index in [1.165, 1.54) is 11.1 Å². The Bertz CT molecular complexity index is 986. The Hall–Kier alpha value is -3.34. The maximum absolute atomic E-state index is 12.0. The molecule has 29 heavy (non-hydrogen) atoms. The molecule has 0 atom stereocenters. The lowest BCUT2D eigenvalue weighted by Crippen LogP contribution is -2.25. The quantitative estimate of drug-likeness (QED) is 0.464. The lowest BCUT2D eigenvalue weighted by Gasteiger charge is -2.26. The molecule has 0 saturated carbocycles. The first kappa shape index (κ1) is 20.4. The third-order valence-electron chi connectivity index (χ3n) is 4.89. The molecule has 1 aromatic heterocycles. The number of furan rings is 1. The number of carbonyl (C=O) groups is 1. The lowest BCUT2D eigenvalue weighted by atomic mass is 9.78. The van der Waals surface area contributed by atoms with Crippen LogP contribution < -0.4 is 10.2 Å². The highest BCUT2D eigenvalue weighted by Crippen LogP contribution is 2.32. The number of rotatable bonds is 7. The van der Waals surface area contributed by atoms with Crippen LogP contribution in [0.4, 0.5) is 0 Å². The molecule has 150 valence electrons. The van der Waals surface area contributed by atoms with Crippen molar-refractivity contribution in [1.29, 1.82) is 0 Å². The maximum atomic E-state index is 12.0. The van der Waals surface area contributed by atoms with Crippen molar-refractivity contribution < 1.29 is 13.9 Å². The van der Waals surface area contributed by atoms with Crippen molar-refractivity contribution in [2.75, 3.05) is 6.61 Å². The van der Waals surface area contributed by atoms with E-state index in [9.17, 15) is 4.79 Å². The van der Waals surface area contributed by atoms with Gasteiger partial charge in [0.05, 0.1) is 0 Å². The Morgan fingerprint density at radius 3 is 2.28 bits per heavy atom. The molecule has 1 N–H and O–H groups in total. The van der Waals surface area contributed by atoms with Crippen LogP contribution >= 0.6 is 0 Å². The highest BCUT2D eigenvalue weighted by atomic mass is 16.5. The summed E-state index contributed by atoms with van der Waals surface area (Å²) in [4.78, 5) is 12.0. The van der Waals surface area contributed by atoms with Gasteiger partial charge in [-0.25, -0.2) is 5.43 Å². The van der Waals surface area contributed by atoms with Gasteiger partial charge in [0.1, 0.15) is 23.0 Å². The number of hydrogen-bond donors (Lipinski definition) is 1. The summed E-state index contributed by atoms with van der Waals surface area (Å²) in [5.74, 6) is 1.72. The zero-order chi connectivity index (χ0) is 20.9. The summed E-state index contributed by atoms with van der Waals surface area (Å²) in [6.07, 6.45) is 0. The van der Waals surface area contributed by atoms with Gasteiger partial charge in [-0.15, -0.1) is 0 Å². The first-order valence-corrected chi connectivity index (χ1v) is 9.55. The van der Waals surface area contributed by atoms with E-state index in [0.717, 1.165) is 5.76 Å². The summed E-state index contributed by atoms with van der Waals surface area (Å²) in [7, 11) is 0. The average molecular weight is 390 g/mol. The fourth-order valence-electron chi connectivity index (χ4n) is 3.00. The van der Waals surface area contributed by atoms with Crippen molar-refractivity contribution in [2.24, 2.45) is 5.10 Å². The van der Waals surface area contributed by atoms with Gasteiger partial charge in [-0.1, -0.05) is 56.3 Å². The van der Waals surface area contributed by atoms with Crippen LogP contribution in [-0.2, 0) is 10.2 Å². The van der Waals surface area contributed by atoms with Gasteiger partial charge in [0.2, 0.25) is 0 Å². The van der Waals surface area contributed by atoms with Crippen molar-refractivity contribution in [3.63, 3.8) is 0 Å². The molecular formula is C24H26N2O3. The average Bonchev–Trinajstić information content (AvgIpc) is 3.18. The van der Waals surface area contributed by atoms with E-state index in [1.807, 2.05) is 61.5 Å². The van der Waals surface area contributed by atoms with Crippen LogP contribution in [0.25, 0.3) is 0 Å². The fourth-order valence-corrected chi connectivity index (χ4v) is 3.00. The predicted octanol–water partition coefficient (Wildman–Crippen LogP) is 4.83. The molecule has 0 aliphatic heterocycles. The molecule has 2 aromatic carbocycles. The first-order chi connectivity index (χ1) is 13.9. The number of aryl methyl sites for hydroxylation is 1. The van der Waals surface area contributed by atoms with E-state index in [1.54, 1.807) is 6.92 Å². The van der Waals surface area contributed by atoms with Crippen molar-refractivity contribution in [3.8, 4) is 5.75 Å². The standard InChI is InChI=1S/C24H26N2O3/c1-17-10-15-22(29-17)18(2)25-26-23(27)16-28-21-13-11-20(12-14-21)24(3,4)19-8-6-5-7-9-19/h5-15H,16H2,1-4H3,(H,26,27)/b25-18+. The Kier molecular flexibility index (Phi) is 6.17. The van der Waals surface area contributed by atoms with Crippen LogP contribution in [0.5, 0.6) is 5.75 Å². The van der Waals surface area contributed by atoms with E-state index in [-0.39, 0.29) is 17.9 Å². The fraction of sp³-hybridized carbons (Fsp3) is 0.250. The molecule has 0 aliphatic rings. The Morgan fingerprint density at radius 1 is 1.00 bits per heavy atom. The molecule has 0 saturated heterocycles. The molecule has 3 aromatic rings. The van der Waals surface area contributed by atoms with Gasteiger partial charge in [0, 0.05) is 5.41 Å². The van der Waals surface area contributed by atoms with Crippen LogP contribution in [0.3, 0.4) is 0 Å². The number of hydrazone groups is 1. The summed E-state index contributed by atoms with van der Waals surface area (Å²) in [6.45, 7) is 7.89. The van der Waals surface area contributed by atoms with Gasteiger partial charge in [-0.05, 0) is 49.2 Å². The number of hydrogen-bond acceptors (Lipinski definition) is 4. The van der Waals surface area contributed by atoms with Gasteiger partial charge in [-0.2, -0.15) is 5.10 Å². The van der Waals surface area contributed by atoms with Crippen LogP contribution in [-0.4, -0.2) is 18.2 Å². The molecule has 0 fully saturated rings. The molecule has 0 bridgehead atoms. The Morgan fingerprint density at radius 2 is 1.66 bits per heavy atom. The summed E-state index contributed by atoms with van der Waals surface area (Å²) in [5.41, 5.74) is 5.38. The monoisotopic (exact) mass is 390 g/mol. The largest absolute Gasteiger partial charge is 0.484 e. The zero-order valence-electron chi connectivity index (χ0n) is 17.2. The van der Waals surface area contributed by atoms with Gasteiger partial charge in [-0.3, -0.25) is 4.79 Å². The van der Waals surface area contributed by atoms with Crippen LogP contribution in [0.15, 0.2) is 76.2 Å². The SMILES string of the molecule is C/C(=N\NC(=O)COc1ccc(C(C)(C)c2ccccc2)cc1)c1ccc(C)o1. The molecule has 5 heteroatoms. The molecule has 5 nitrogen and oxygen atoms in total. The molecule has 0 spiro atoms. The molecule has 0 unspecified atom stereocenters. The van der Waals surface area contributed by atoms with Gasteiger partial charge in [0.15, 0.2) is 6.61 Å². The molecular weight excluding hydrogens is 364 g/mol. The number of benzene rings is 2. The topological polar surface area (TPSA) is 63.8 Å². The second kappa shape index (κ2) is 8.78. The highest BCUT2D eigenvalue weighted by molar-refractivity contribution is 5.96. The number of nitrogens with zero attached hydrogens (tertiary/aromatic N) is 1. The van der Waals surface area contributed by atoms with Gasteiger partial charge >= 0.3 is 0 Å². The summed E-state index contributed by atoms with van der Waals surface area (Å²) < 4.78 is 11.0. The molecule has 1 heterocycles. The van der Waals surface area contributed by atoms with Gasteiger partial charge in [0.25, 0.3) is 5.91 Å². The third kappa shape index (κ3) is 5.13. The summed E-state index contributed by atoms with van der Waals surface area (Å²) in [5, 5.41) is 4.04. The Labute approximate surface area is 171 Å². The first-order valence-electron chi connectivity index (χ1n) is 9.55. The summed E-state index contributed by atoms with van der Waals surface area (Å²) in [6, 6.07) is 21.8. The second-order valence-corrected chi connectivity index (χ2v) is 7.45. The van der Waals surface area contributed by atoms with Crippen LogP contribution in [0, 0.1) is 6.92 Å². The lowest BCUT2D eigenvalue weighted by molar-refractivity contribution is -0.123. The minimum Gasteiger partial charge on any atom is -0.484 e. The van der Waals surface area contributed by atoms with Crippen LogP contribution in [0.2, 0.25) is 0 Å². The second-order valence-electron chi connectivity index (χ2n) is 7.45. The number of ether oxygens (including phenoxy) is 1. The highest BCUT2D eigenvalue weighted by Gasteiger charge is 2.22. The van der Waals surface area contributed by atoms with Crippen LogP contribution in [0.1, 0.15) is 43.4 Å². The Balaban J connectivity index is 1.55. The molecule has 3 rings (SSSR count). The minimum atomic E-state index is -0.332. The maximum Gasteiger partial charge on any atom is 0.277 e. The van der Waals surface area contributed by atoms with Crippen molar-refractivity contribution in [3.05, 3.63) is 89.4 Å². The normalized spacial score (nSPS) is 11.9. The van der Waals surface area contributed by atoms with E-state index in [2.05, 4.69) is 36.5 Å². The molecule has 0 aliphatic carbocycles. The number of amides is 1. The smallest absolute Gasteiger partial charge is 0.277 e. The van der Waals surface area contributed by atoms with Crippen molar-refractivity contribution >= 4 is 11.6 Å². The molecule has 1 amide bonds. The van der Waals surface area contributed by atoms with E-state index >= 15 is 0 Å². The zero-order valence-corrected chi connectivity index (χ0v) is 17.2. The van der Waals surface area contributed by atoms with E-state index in [0.29, 0.717) is 17.2 Å². The summed E-state index contributed by atoms with van der Waals surface area (Å²) >= 11 is 0. The predicted molar refractivity (Wildman–Crippen MR) is 114 cm³/mol. The van der Waals surface area contributed by atoms with Crippen molar-refractivity contribution in [2.45, 2.75) is 33.1 Å². The molecule has 0 radical (unpaired) electrons. The van der Waals surface area contributed by atoms with Crippen molar-refractivity contribution in [1.82, 2.24) is 5.43 Å². The third-order valence-corrected chi connectivity index (χ3v) is 4.89. The van der Waals surface area contributed by atoms with E-state index < -0.39 is 0 Å².